The molecule has 5 rings (SSSR count). The average Bonchev–Trinajstić information content (AvgIpc) is 2.71. The lowest BCUT2D eigenvalue weighted by atomic mass is 9.82. The van der Waals surface area contributed by atoms with Crippen molar-refractivity contribution in [3.8, 4) is 11.1 Å². The van der Waals surface area contributed by atoms with Crippen LogP contribution in [0.25, 0.3) is 11.1 Å². The number of fused-ring (bicyclic) bond motifs is 4. The highest BCUT2D eigenvalue weighted by Crippen LogP contribution is 2.36. The summed E-state index contributed by atoms with van der Waals surface area (Å²) in [4.78, 5) is 19.7. The Balaban J connectivity index is 1.42. The van der Waals surface area contributed by atoms with E-state index >= 15 is 0 Å². The minimum atomic E-state index is -0.197. The zero-order valence-electron chi connectivity index (χ0n) is 15.6. The smallest absolute Gasteiger partial charge is 0.258 e. The van der Waals surface area contributed by atoms with Gasteiger partial charge >= 0.3 is 0 Å². The summed E-state index contributed by atoms with van der Waals surface area (Å²) in [6.45, 7) is 3.49. The predicted octanol–water partition coefficient (Wildman–Crippen LogP) is 3.67. The van der Waals surface area contributed by atoms with Gasteiger partial charge in [0, 0.05) is 61.3 Å². The Morgan fingerprint density at radius 1 is 1.04 bits per heavy atom. The molecule has 1 saturated heterocycles. The number of halogens is 1. The topological polar surface area (TPSA) is 38.1 Å². The second kappa shape index (κ2) is 6.99. The standard InChI is InChI=1S/C23H22FN3O/c24-20-5-3-16(4-6-20)12-26-13-17-10-19(15-26)22-8-7-21(23(28)27(22)14-17)18-2-1-9-25-11-18/h1-9,11,17,19H,10,12-15H2/t17-,19-/m1/s1. The fraction of sp³-hybridized carbons (Fsp3) is 0.304. The van der Waals surface area contributed by atoms with Crippen molar-refractivity contribution >= 4 is 0 Å². The molecule has 1 aromatic carbocycles. The van der Waals surface area contributed by atoms with Crippen LogP contribution in [-0.2, 0) is 13.1 Å². The molecule has 5 heteroatoms. The molecule has 0 N–H and O–H groups in total. The number of nitrogens with zero attached hydrogens (tertiary/aromatic N) is 3. The van der Waals surface area contributed by atoms with E-state index in [-0.39, 0.29) is 11.4 Å². The number of benzene rings is 1. The van der Waals surface area contributed by atoms with Crippen molar-refractivity contribution in [1.82, 2.24) is 14.5 Å². The van der Waals surface area contributed by atoms with Gasteiger partial charge in [0.25, 0.3) is 5.56 Å². The SMILES string of the molecule is O=c1c(-c2cccnc2)ccc2n1C[C@@H]1C[C@@H]2CN(Cc2ccc(F)cc2)C1. The number of hydrogen-bond acceptors (Lipinski definition) is 3. The maximum Gasteiger partial charge on any atom is 0.258 e. The second-order valence-corrected chi connectivity index (χ2v) is 7.95. The van der Waals surface area contributed by atoms with Gasteiger partial charge in [0.1, 0.15) is 5.82 Å². The normalized spacial score (nSPS) is 21.3. The van der Waals surface area contributed by atoms with E-state index in [0.717, 1.165) is 55.0 Å². The monoisotopic (exact) mass is 375 g/mol. The first-order chi connectivity index (χ1) is 13.7. The van der Waals surface area contributed by atoms with Gasteiger partial charge < -0.3 is 4.57 Å². The predicted molar refractivity (Wildman–Crippen MR) is 106 cm³/mol. The maximum atomic E-state index is 13.2. The molecule has 2 aromatic heterocycles. The molecule has 2 aliphatic rings. The Labute approximate surface area is 163 Å². The molecule has 3 aromatic rings. The van der Waals surface area contributed by atoms with Gasteiger partial charge in [-0.05, 0) is 48.2 Å². The quantitative estimate of drug-likeness (QED) is 0.701. The molecule has 4 nitrogen and oxygen atoms in total. The van der Waals surface area contributed by atoms with E-state index in [1.54, 1.807) is 12.4 Å². The van der Waals surface area contributed by atoms with Crippen molar-refractivity contribution < 1.29 is 4.39 Å². The Kier molecular flexibility index (Phi) is 4.32. The highest BCUT2D eigenvalue weighted by atomic mass is 19.1. The third kappa shape index (κ3) is 3.16. The summed E-state index contributed by atoms with van der Waals surface area (Å²) in [7, 11) is 0. The molecule has 2 atom stereocenters. The summed E-state index contributed by atoms with van der Waals surface area (Å²) >= 11 is 0. The molecule has 4 heterocycles. The molecule has 2 bridgehead atoms. The third-order valence-electron chi connectivity index (χ3n) is 5.97. The molecular weight excluding hydrogens is 353 g/mol. The van der Waals surface area contributed by atoms with Crippen LogP contribution < -0.4 is 5.56 Å². The lowest BCUT2D eigenvalue weighted by Crippen LogP contribution is -2.46. The molecule has 0 spiro atoms. The van der Waals surface area contributed by atoms with Gasteiger partial charge in [-0.3, -0.25) is 14.7 Å². The first-order valence-electron chi connectivity index (χ1n) is 9.78. The van der Waals surface area contributed by atoms with Crippen molar-refractivity contribution in [3.05, 3.63) is 88.4 Å². The fourth-order valence-electron chi connectivity index (χ4n) is 4.76. The van der Waals surface area contributed by atoms with Crippen LogP contribution in [-0.4, -0.2) is 27.5 Å². The summed E-state index contributed by atoms with van der Waals surface area (Å²) in [6, 6.07) is 14.6. The van der Waals surface area contributed by atoms with Crippen molar-refractivity contribution in [2.45, 2.75) is 25.4 Å². The molecule has 0 unspecified atom stereocenters. The first-order valence-corrected chi connectivity index (χ1v) is 9.78. The molecule has 28 heavy (non-hydrogen) atoms. The maximum absolute atomic E-state index is 13.2. The van der Waals surface area contributed by atoms with Crippen molar-refractivity contribution in [2.24, 2.45) is 5.92 Å². The molecule has 142 valence electrons. The number of rotatable bonds is 3. The van der Waals surface area contributed by atoms with Gasteiger partial charge in [-0.1, -0.05) is 18.2 Å². The summed E-state index contributed by atoms with van der Waals surface area (Å²) in [6.07, 6.45) is 4.60. The van der Waals surface area contributed by atoms with E-state index in [0.29, 0.717) is 11.8 Å². The molecule has 0 aliphatic carbocycles. The van der Waals surface area contributed by atoms with Crippen LogP contribution in [0.5, 0.6) is 0 Å². The minimum Gasteiger partial charge on any atom is -0.311 e. The zero-order chi connectivity index (χ0) is 19.1. The number of likely N-dealkylation sites (tertiary alicyclic amines) is 1. The molecule has 0 saturated carbocycles. The number of piperidine rings is 1. The number of pyridine rings is 2. The van der Waals surface area contributed by atoms with E-state index in [9.17, 15) is 9.18 Å². The molecular formula is C23H22FN3O. The molecule has 0 radical (unpaired) electrons. The van der Waals surface area contributed by atoms with Crippen LogP contribution in [0.1, 0.15) is 23.6 Å². The van der Waals surface area contributed by atoms with Crippen molar-refractivity contribution in [3.63, 3.8) is 0 Å². The fourth-order valence-corrected chi connectivity index (χ4v) is 4.76. The summed E-state index contributed by atoms with van der Waals surface area (Å²) in [5.41, 5.74) is 3.95. The van der Waals surface area contributed by atoms with Crippen LogP contribution in [0.2, 0.25) is 0 Å². The van der Waals surface area contributed by atoms with Gasteiger partial charge in [0.15, 0.2) is 0 Å². The van der Waals surface area contributed by atoms with Gasteiger partial charge in [0.2, 0.25) is 0 Å². The highest BCUT2D eigenvalue weighted by Gasteiger charge is 2.34. The van der Waals surface area contributed by atoms with E-state index < -0.39 is 0 Å². The Hall–Kier alpha value is -2.79. The van der Waals surface area contributed by atoms with E-state index in [1.165, 1.54) is 12.1 Å². The summed E-state index contributed by atoms with van der Waals surface area (Å²) in [5, 5.41) is 0. The second-order valence-electron chi connectivity index (χ2n) is 7.95. The van der Waals surface area contributed by atoms with Crippen molar-refractivity contribution in [2.75, 3.05) is 13.1 Å². The highest BCUT2D eigenvalue weighted by molar-refractivity contribution is 5.61. The van der Waals surface area contributed by atoms with E-state index in [1.807, 2.05) is 34.9 Å². The molecule has 2 aliphatic heterocycles. The Bertz CT molecular complexity index is 1050. The van der Waals surface area contributed by atoms with Crippen LogP contribution in [0, 0.1) is 11.7 Å². The Morgan fingerprint density at radius 2 is 1.89 bits per heavy atom. The Morgan fingerprint density at radius 3 is 2.68 bits per heavy atom. The van der Waals surface area contributed by atoms with Gasteiger partial charge in [-0.15, -0.1) is 0 Å². The first kappa shape index (κ1) is 17.3. The average molecular weight is 375 g/mol. The lowest BCUT2D eigenvalue weighted by molar-refractivity contribution is 0.114. The number of hydrogen-bond donors (Lipinski definition) is 0. The molecule has 0 amide bonds. The van der Waals surface area contributed by atoms with Crippen LogP contribution >= 0.6 is 0 Å². The largest absolute Gasteiger partial charge is 0.311 e. The minimum absolute atomic E-state index is 0.0900. The van der Waals surface area contributed by atoms with Crippen LogP contribution in [0.3, 0.4) is 0 Å². The van der Waals surface area contributed by atoms with Crippen molar-refractivity contribution in [1.29, 1.82) is 0 Å². The van der Waals surface area contributed by atoms with Crippen LogP contribution in [0.15, 0.2) is 65.7 Å². The third-order valence-corrected chi connectivity index (χ3v) is 5.97. The van der Waals surface area contributed by atoms with Crippen LogP contribution in [0.4, 0.5) is 4.39 Å². The van der Waals surface area contributed by atoms with Gasteiger partial charge in [-0.2, -0.15) is 0 Å². The summed E-state index contributed by atoms with van der Waals surface area (Å²) < 4.78 is 15.1. The summed E-state index contributed by atoms with van der Waals surface area (Å²) in [5.74, 6) is 0.633. The van der Waals surface area contributed by atoms with Gasteiger partial charge in [0.05, 0.1) is 0 Å². The number of aromatic nitrogens is 2. The zero-order valence-corrected chi connectivity index (χ0v) is 15.6. The van der Waals surface area contributed by atoms with E-state index in [2.05, 4.69) is 16.0 Å². The van der Waals surface area contributed by atoms with E-state index in [4.69, 9.17) is 0 Å². The lowest BCUT2D eigenvalue weighted by Gasteiger charge is -2.43. The van der Waals surface area contributed by atoms with Gasteiger partial charge in [-0.25, -0.2) is 4.39 Å². The molecule has 1 fully saturated rings.